The fourth-order valence-corrected chi connectivity index (χ4v) is 1.45. The number of nitro groups is 1. The number of sulfone groups is 1. The molecule has 0 heterocycles. The molecule has 0 saturated heterocycles. The van der Waals surface area contributed by atoms with Gasteiger partial charge >= 0.3 is 0 Å². The predicted molar refractivity (Wildman–Crippen MR) is 49.1 cm³/mol. The van der Waals surface area contributed by atoms with E-state index in [0.29, 0.717) is 0 Å². The molecule has 0 fully saturated rings. The Bertz CT molecular complexity index is 495. The Morgan fingerprint density at radius 3 is 2.14 bits per heavy atom. The summed E-state index contributed by atoms with van der Waals surface area (Å²) in [5, 5.41) is 11.9. The molecule has 0 bridgehead atoms. The number of hydrogen-bond donors (Lipinski definition) is 0. The van der Waals surface area contributed by atoms with E-state index in [0.717, 1.165) is 24.3 Å². The van der Waals surface area contributed by atoms with Crippen LogP contribution < -0.4 is 0 Å². The van der Waals surface area contributed by atoms with Crippen molar-refractivity contribution in [1.29, 1.82) is 0 Å². The average Bonchev–Trinajstić information content (AvgIpc) is 2.18. The van der Waals surface area contributed by atoms with Gasteiger partial charge in [0, 0.05) is 17.4 Å². The van der Waals surface area contributed by atoms with E-state index in [1.165, 1.54) is 0 Å². The Balaban J connectivity index is 3.21. The Morgan fingerprint density at radius 1 is 1.29 bits per heavy atom. The van der Waals surface area contributed by atoms with Crippen molar-refractivity contribution in [3.63, 3.8) is 0 Å². The number of non-ortho nitro benzene ring substituents is 1. The third-order valence-electron chi connectivity index (χ3n) is 1.51. The highest BCUT2D eigenvalue weighted by Crippen LogP contribution is 2.15. The molecule has 0 unspecified atom stereocenters. The van der Waals surface area contributed by atoms with E-state index in [-0.39, 0.29) is 10.6 Å². The molecule has 1 aromatic rings. The highest BCUT2D eigenvalue weighted by Gasteiger charge is 2.12. The summed E-state index contributed by atoms with van der Waals surface area (Å²) < 4.78 is 22.2. The van der Waals surface area contributed by atoms with Crippen molar-refractivity contribution in [2.45, 2.75) is 4.90 Å². The van der Waals surface area contributed by atoms with Crippen LogP contribution in [0.2, 0.25) is 0 Å². The van der Waals surface area contributed by atoms with E-state index >= 15 is 0 Å². The molecule has 0 saturated carbocycles. The van der Waals surface area contributed by atoms with Gasteiger partial charge in [0.05, 0.1) is 9.82 Å². The van der Waals surface area contributed by atoms with Crippen molar-refractivity contribution >= 4 is 15.5 Å². The van der Waals surface area contributed by atoms with E-state index < -0.39 is 14.8 Å². The first-order valence-electron chi connectivity index (χ1n) is 3.44. The molecule has 5 nitrogen and oxygen atoms in total. The molecule has 14 heavy (non-hydrogen) atoms. The molecule has 0 radical (unpaired) electrons. The van der Waals surface area contributed by atoms with Crippen LogP contribution in [0.3, 0.4) is 0 Å². The molecule has 0 aliphatic heterocycles. The second-order valence-corrected chi connectivity index (χ2v) is 4.09. The van der Waals surface area contributed by atoms with Crippen molar-refractivity contribution in [2.75, 3.05) is 0 Å². The SMILES string of the molecule is C#CS(=O)(=O)c1ccc([N+](=O)[O-])cc1. The summed E-state index contributed by atoms with van der Waals surface area (Å²) in [7, 11) is -3.74. The molecule has 1 rings (SSSR count). The third kappa shape index (κ3) is 1.89. The largest absolute Gasteiger partial charge is 0.269 e. The summed E-state index contributed by atoms with van der Waals surface area (Å²) in [6.45, 7) is 0. The molecule has 0 aliphatic rings. The first kappa shape index (κ1) is 10.2. The van der Waals surface area contributed by atoms with E-state index in [9.17, 15) is 18.5 Å². The summed E-state index contributed by atoms with van der Waals surface area (Å²) >= 11 is 0. The Morgan fingerprint density at radius 2 is 1.79 bits per heavy atom. The van der Waals surface area contributed by atoms with E-state index in [4.69, 9.17) is 6.42 Å². The van der Waals surface area contributed by atoms with Gasteiger partial charge in [0.2, 0.25) is 9.84 Å². The lowest BCUT2D eigenvalue weighted by atomic mass is 10.3. The lowest BCUT2D eigenvalue weighted by Crippen LogP contribution is -1.96. The average molecular weight is 211 g/mol. The fraction of sp³-hybridized carbons (Fsp3) is 0. The van der Waals surface area contributed by atoms with Gasteiger partial charge in [0.25, 0.3) is 5.69 Å². The van der Waals surface area contributed by atoms with Gasteiger partial charge in [-0.3, -0.25) is 10.1 Å². The quantitative estimate of drug-likeness (QED) is 0.316. The summed E-state index contributed by atoms with van der Waals surface area (Å²) in [5.41, 5.74) is -0.180. The minimum atomic E-state index is -3.74. The highest BCUT2D eigenvalue weighted by atomic mass is 32.2. The zero-order valence-electron chi connectivity index (χ0n) is 6.88. The number of hydrogen-bond acceptors (Lipinski definition) is 4. The molecular weight excluding hydrogens is 206 g/mol. The number of benzene rings is 1. The zero-order valence-corrected chi connectivity index (χ0v) is 7.69. The molecule has 72 valence electrons. The Hall–Kier alpha value is -1.87. The monoisotopic (exact) mass is 211 g/mol. The standard InChI is InChI=1S/C8H5NO4S/c1-2-14(12,13)8-5-3-7(4-6-8)9(10)11/h1,3-6H. The molecular formula is C8H5NO4S. The minimum Gasteiger partial charge on any atom is -0.258 e. The predicted octanol–water partition coefficient (Wildman–Crippen LogP) is 0.959. The van der Waals surface area contributed by atoms with Crippen LogP contribution in [0, 0.1) is 21.8 Å². The van der Waals surface area contributed by atoms with Crippen molar-refractivity contribution < 1.29 is 13.3 Å². The van der Waals surface area contributed by atoms with Gasteiger partial charge in [-0.15, -0.1) is 6.42 Å². The van der Waals surface area contributed by atoms with E-state index in [1.54, 1.807) is 5.25 Å². The molecule has 0 atom stereocenters. The second kappa shape index (κ2) is 3.47. The van der Waals surface area contributed by atoms with Crippen molar-refractivity contribution in [3.8, 4) is 11.7 Å². The third-order valence-corrected chi connectivity index (χ3v) is 2.72. The second-order valence-electron chi connectivity index (χ2n) is 2.37. The van der Waals surface area contributed by atoms with Crippen molar-refractivity contribution in [1.82, 2.24) is 0 Å². The number of nitrogens with zero attached hydrogens (tertiary/aromatic N) is 1. The van der Waals surface area contributed by atoms with Crippen LogP contribution in [0.5, 0.6) is 0 Å². The van der Waals surface area contributed by atoms with Gasteiger partial charge in [0.15, 0.2) is 0 Å². The molecule has 0 aliphatic carbocycles. The van der Waals surface area contributed by atoms with Gasteiger partial charge in [0.1, 0.15) is 0 Å². The normalized spacial score (nSPS) is 10.5. The highest BCUT2D eigenvalue weighted by molar-refractivity contribution is 7.96. The maximum absolute atomic E-state index is 11.1. The molecule has 0 amide bonds. The smallest absolute Gasteiger partial charge is 0.258 e. The van der Waals surface area contributed by atoms with Gasteiger partial charge in [-0.05, 0) is 12.1 Å². The van der Waals surface area contributed by atoms with Crippen LogP contribution in [-0.2, 0) is 9.84 Å². The molecule has 0 N–H and O–H groups in total. The molecule has 1 aromatic carbocycles. The lowest BCUT2D eigenvalue weighted by Gasteiger charge is -1.95. The van der Waals surface area contributed by atoms with Gasteiger partial charge in [-0.25, -0.2) is 8.42 Å². The number of terminal acetylenes is 1. The van der Waals surface area contributed by atoms with Gasteiger partial charge in [-0.1, -0.05) is 0 Å². The molecule has 0 spiro atoms. The summed E-state index contributed by atoms with van der Waals surface area (Å²) in [4.78, 5) is 9.51. The van der Waals surface area contributed by atoms with Gasteiger partial charge in [-0.2, -0.15) is 0 Å². The topological polar surface area (TPSA) is 77.3 Å². The van der Waals surface area contributed by atoms with Crippen LogP contribution in [0.4, 0.5) is 5.69 Å². The fourth-order valence-electron chi connectivity index (χ4n) is 0.815. The molecule has 6 heteroatoms. The van der Waals surface area contributed by atoms with Crippen LogP contribution in [0.15, 0.2) is 29.2 Å². The van der Waals surface area contributed by atoms with Crippen LogP contribution >= 0.6 is 0 Å². The van der Waals surface area contributed by atoms with Crippen LogP contribution in [-0.4, -0.2) is 13.3 Å². The maximum atomic E-state index is 11.1. The zero-order chi connectivity index (χ0) is 10.8. The summed E-state index contributed by atoms with van der Waals surface area (Å²) in [6, 6.07) is 4.38. The summed E-state index contributed by atoms with van der Waals surface area (Å²) in [5.74, 6) is 0. The van der Waals surface area contributed by atoms with E-state index in [2.05, 4.69) is 0 Å². The lowest BCUT2D eigenvalue weighted by molar-refractivity contribution is -0.384. The van der Waals surface area contributed by atoms with Gasteiger partial charge < -0.3 is 0 Å². The minimum absolute atomic E-state index is 0.120. The number of nitro benzene ring substituents is 1. The molecule has 0 aromatic heterocycles. The van der Waals surface area contributed by atoms with E-state index in [1.807, 2.05) is 0 Å². The Labute approximate surface area is 80.4 Å². The first-order chi connectivity index (χ1) is 6.47. The van der Waals surface area contributed by atoms with Crippen LogP contribution in [0.1, 0.15) is 0 Å². The summed E-state index contributed by atoms with van der Waals surface area (Å²) in [6.07, 6.45) is 4.76. The van der Waals surface area contributed by atoms with Crippen molar-refractivity contribution in [3.05, 3.63) is 34.4 Å². The Kier molecular flexibility index (Phi) is 2.53. The van der Waals surface area contributed by atoms with Crippen molar-refractivity contribution in [2.24, 2.45) is 0 Å². The first-order valence-corrected chi connectivity index (χ1v) is 4.92. The van der Waals surface area contributed by atoms with Crippen LogP contribution in [0.25, 0.3) is 0 Å². The maximum Gasteiger partial charge on any atom is 0.269 e. The number of rotatable bonds is 2.